The summed E-state index contributed by atoms with van der Waals surface area (Å²) in [6.07, 6.45) is 6.26. The fourth-order valence-corrected chi connectivity index (χ4v) is 5.40. The van der Waals surface area contributed by atoms with Gasteiger partial charge in [0.2, 0.25) is 5.91 Å². The summed E-state index contributed by atoms with van der Waals surface area (Å²) in [7, 11) is 0. The smallest absolute Gasteiger partial charge is 0.241 e. The van der Waals surface area contributed by atoms with Gasteiger partial charge in [-0.15, -0.1) is 0 Å². The zero-order valence-corrected chi connectivity index (χ0v) is 21.5. The Morgan fingerprint density at radius 1 is 1.19 bits per heavy atom. The molecule has 8 heteroatoms. The summed E-state index contributed by atoms with van der Waals surface area (Å²) in [4.78, 5) is 27.0. The predicted molar refractivity (Wildman–Crippen MR) is 139 cm³/mol. The largest absolute Gasteiger partial charge is 0.333 e. The van der Waals surface area contributed by atoms with Crippen molar-refractivity contribution in [1.29, 1.82) is 0 Å². The standard InChI is InChI=1S/C28H35FN6O/c1-19-14-33(24(13-31-19)15-34-18-30-11-20(34)2)16-26(36)35-17-28(3,4)27-25(35)10-22(12-32-27)9-21-5-7-23(29)8-6-21/h5-8,10-12,18-19,24,31H,9,13-17H2,1-4H3/t19-,24-/m1/s1. The van der Waals surface area contributed by atoms with Crippen LogP contribution in [0.5, 0.6) is 0 Å². The van der Waals surface area contributed by atoms with Gasteiger partial charge in [0, 0.05) is 61.8 Å². The van der Waals surface area contributed by atoms with Gasteiger partial charge in [0.1, 0.15) is 5.82 Å². The number of anilines is 1. The van der Waals surface area contributed by atoms with E-state index in [9.17, 15) is 9.18 Å². The summed E-state index contributed by atoms with van der Waals surface area (Å²) >= 11 is 0. The number of aromatic nitrogens is 3. The van der Waals surface area contributed by atoms with Gasteiger partial charge in [-0.1, -0.05) is 26.0 Å². The van der Waals surface area contributed by atoms with Crippen molar-refractivity contribution in [1.82, 2.24) is 24.8 Å². The Morgan fingerprint density at radius 2 is 1.97 bits per heavy atom. The molecule has 0 aliphatic carbocycles. The Hall–Kier alpha value is -3.10. The van der Waals surface area contributed by atoms with E-state index in [4.69, 9.17) is 4.98 Å². The summed E-state index contributed by atoms with van der Waals surface area (Å²) in [6.45, 7) is 11.9. The summed E-state index contributed by atoms with van der Waals surface area (Å²) in [5.41, 5.74) is 4.78. The van der Waals surface area contributed by atoms with Crippen molar-refractivity contribution in [3.8, 4) is 0 Å². The molecule has 1 saturated heterocycles. The van der Waals surface area contributed by atoms with E-state index in [0.29, 0.717) is 25.6 Å². The van der Waals surface area contributed by atoms with Gasteiger partial charge in [0.25, 0.3) is 0 Å². The second kappa shape index (κ2) is 9.75. The van der Waals surface area contributed by atoms with Crippen LogP contribution in [-0.2, 0) is 23.2 Å². The lowest BCUT2D eigenvalue weighted by Gasteiger charge is -2.40. The first kappa shape index (κ1) is 24.6. The lowest BCUT2D eigenvalue weighted by Crippen LogP contribution is -2.59. The number of hydrogen-bond acceptors (Lipinski definition) is 5. The van der Waals surface area contributed by atoms with E-state index in [1.165, 1.54) is 12.1 Å². The first-order valence-electron chi connectivity index (χ1n) is 12.7. The van der Waals surface area contributed by atoms with Gasteiger partial charge in [-0.3, -0.25) is 14.7 Å². The zero-order chi connectivity index (χ0) is 25.4. The summed E-state index contributed by atoms with van der Waals surface area (Å²) in [5.74, 6) is -0.142. The topological polar surface area (TPSA) is 66.3 Å². The van der Waals surface area contributed by atoms with Gasteiger partial charge in [0.15, 0.2) is 0 Å². The van der Waals surface area contributed by atoms with Gasteiger partial charge in [0.05, 0.1) is 24.3 Å². The number of fused-ring (bicyclic) bond motifs is 1. The highest BCUT2D eigenvalue weighted by Crippen LogP contribution is 2.39. The number of nitrogens with one attached hydrogen (secondary N) is 1. The number of aryl methyl sites for hydroxylation is 1. The molecule has 0 bridgehead atoms. The van der Waals surface area contributed by atoms with Crippen LogP contribution in [0, 0.1) is 12.7 Å². The van der Waals surface area contributed by atoms with Crippen LogP contribution >= 0.6 is 0 Å². The highest BCUT2D eigenvalue weighted by atomic mass is 19.1. The molecule has 5 rings (SSSR count). The number of pyridine rings is 1. The van der Waals surface area contributed by atoms with Crippen molar-refractivity contribution in [3.05, 3.63) is 77.4 Å². The average Bonchev–Trinajstić information content (AvgIpc) is 3.36. The molecule has 7 nitrogen and oxygen atoms in total. The van der Waals surface area contributed by atoms with Gasteiger partial charge in [-0.05, 0) is 49.6 Å². The molecule has 2 atom stereocenters. The molecule has 0 saturated carbocycles. The fourth-order valence-electron chi connectivity index (χ4n) is 5.40. The quantitative estimate of drug-likeness (QED) is 0.574. The van der Waals surface area contributed by atoms with Crippen LogP contribution in [0.2, 0.25) is 0 Å². The summed E-state index contributed by atoms with van der Waals surface area (Å²) in [5, 5.41) is 3.57. The van der Waals surface area contributed by atoms with E-state index >= 15 is 0 Å². The van der Waals surface area contributed by atoms with Crippen LogP contribution < -0.4 is 10.2 Å². The van der Waals surface area contributed by atoms with E-state index in [1.807, 2.05) is 23.6 Å². The van der Waals surface area contributed by atoms with E-state index < -0.39 is 0 Å². The van der Waals surface area contributed by atoms with Crippen LogP contribution in [0.1, 0.15) is 43.3 Å². The maximum atomic E-state index is 13.8. The van der Waals surface area contributed by atoms with Crippen LogP contribution in [0.25, 0.3) is 0 Å². The average molecular weight is 491 g/mol. The number of piperazine rings is 1. The van der Waals surface area contributed by atoms with Crippen LogP contribution in [-0.4, -0.2) is 63.6 Å². The Balaban J connectivity index is 1.36. The third-order valence-electron chi connectivity index (χ3n) is 7.42. The van der Waals surface area contributed by atoms with Gasteiger partial charge < -0.3 is 14.8 Å². The van der Waals surface area contributed by atoms with Crippen molar-refractivity contribution in [2.75, 3.05) is 31.1 Å². The molecule has 2 aliphatic rings. The van der Waals surface area contributed by atoms with Crippen LogP contribution in [0.4, 0.5) is 10.1 Å². The summed E-state index contributed by atoms with van der Waals surface area (Å²) < 4.78 is 15.5. The highest BCUT2D eigenvalue weighted by molar-refractivity contribution is 5.97. The number of carbonyl (C=O) groups excluding carboxylic acids is 1. The van der Waals surface area contributed by atoms with Crippen molar-refractivity contribution < 1.29 is 9.18 Å². The number of halogens is 1. The second-order valence-electron chi connectivity index (χ2n) is 11.0. The minimum Gasteiger partial charge on any atom is -0.333 e. The molecule has 1 aromatic carbocycles. The maximum Gasteiger partial charge on any atom is 0.241 e. The molecule has 3 aromatic rings. The number of rotatable bonds is 6. The van der Waals surface area contributed by atoms with E-state index in [2.05, 4.69) is 53.5 Å². The molecule has 0 radical (unpaired) electrons. The van der Waals surface area contributed by atoms with Crippen LogP contribution in [0.3, 0.4) is 0 Å². The molecule has 2 aliphatic heterocycles. The molecule has 1 N–H and O–H groups in total. The third kappa shape index (κ3) is 5.06. The number of carbonyl (C=O) groups is 1. The monoisotopic (exact) mass is 490 g/mol. The Labute approximate surface area is 212 Å². The Kier molecular flexibility index (Phi) is 6.66. The molecule has 1 amide bonds. The highest BCUT2D eigenvalue weighted by Gasteiger charge is 2.40. The second-order valence-corrected chi connectivity index (χ2v) is 11.0. The van der Waals surface area contributed by atoms with Crippen LogP contribution in [0.15, 0.2) is 49.1 Å². The predicted octanol–water partition coefficient (Wildman–Crippen LogP) is 3.30. The van der Waals surface area contributed by atoms with Crippen molar-refractivity contribution in [2.24, 2.45) is 0 Å². The first-order chi connectivity index (χ1) is 17.2. The van der Waals surface area contributed by atoms with Crippen molar-refractivity contribution in [2.45, 2.75) is 58.2 Å². The minimum absolute atomic E-state index is 0.101. The normalized spacial score (nSPS) is 21.5. The molecule has 190 valence electrons. The van der Waals surface area contributed by atoms with Crippen molar-refractivity contribution in [3.63, 3.8) is 0 Å². The number of imidazole rings is 1. The van der Waals surface area contributed by atoms with Crippen molar-refractivity contribution >= 4 is 11.6 Å². The molecular formula is C28H35FN6O. The molecule has 36 heavy (non-hydrogen) atoms. The van der Waals surface area contributed by atoms with E-state index in [1.54, 1.807) is 12.1 Å². The molecule has 2 aromatic heterocycles. The van der Waals surface area contributed by atoms with E-state index in [-0.39, 0.29) is 23.2 Å². The first-order valence-corrected chi connectivity index (χ1v) is 12.7. The fraction of sp³-hybridized carbons (Fsp3) is 0.464. The molecule has 4 heterocycles. The Morgan fingerprint density at radius 3 is 2.69 bits per heavy atom. The molecule has 0 unspecified atom stereocenters. The lowest BCUT2D eigenvalue weighted by molar-refractivity contribution is -0.120. The Bertz CT molecular complexity index is 1240. The number of amides is 1. The van der Waals surface area contributed by atoms with Gasteiger partial charge >= 0.3 is 0 Å². The summed E-state index contributed by atoms with van der Waals surface area (Å²) in [6, 6.07) is 9.16. The third-order valence-corrected chi connectivity index (χ3v) is 7.42. The number of benzene rings is 1. The molecule has 1 fully saturated rings. The zero-order valence-electron chi connectivity index (χ0n) is 21.5. The van der Waals surface area contributed by atoms with E-state index in [0.717, 1.165) is 47.8 Å². The SMILES string of the molecule is Cc1cncn1C[C@H]1CN[C@H](C)CN1CC(=O)N1CC(C)(C)c2ncc(Cc3ccc(F)cc3)cc21. The molecular weight excluding hydrogens is 455 g/mol. The minimum atomic E-state index is -0.243. The maximum absolute atomic E-state index is 13.8. The lowest BCUT2D eigenvalue weighted by atomic mass is 9.91. The van der Waals surface area contributed by atoms with Gasteiger partial charge in [-0.25, -0.2) is 9.37 Å². The number of nitrogens with zero attached hydrogens (tertiary/aromatic N) is 5. The number of hydrogen-bond donors (Lipinski definition) is 1. The van der Waals surface area contributed by atoms with Gasteiger partial charge in [-0.2, -0.15) is 0 Å². The molecule has 0 spiro atoms.